The lowest BCUT2D eigenvalue weighted by molar-refractivity contribution is -0.146. The highest BCUT2D eigenvalue weighted by atomic mass is 16.5. The van der Waals surface area contributed by atoms with Gasteiger partial charge in [-0.15, -0.1) is 0 Å². The van der Waals surface area contributed by atoms with Gasteiger partial charge in [-0.05, 0) is 96.9 Å². The number of methoxy groups -OCH3 is 1. The van der Waals surface area contributed by atoms with Crippen molar-refractivity contribution in [3.05, 3.63) is 143 Å². The van der Waals surface area contributed by atoms with Crippen molar-refractivity contribution in [2.24, 2.45) is 11.5 Å². The zero-order valence-corrected chi connectivity index (χ0v) is 30.1. The molecular weight excluding hydrogens is 649 g/mol. The van der Waals surface area contributed by atoms with Gasteiger partial charge in [0.05, 0.1) is 26.9 Å². The summed E-state index contributed by atoms with van der Waals surface area (Å²) in [6.07, 6.45) is 4.94. The quantitative estimate of drug-likeness (QED) is 0.0971. The molecule has 0 radical (unpaired) electrons. The van der Waals surface area contributed by atoms with Gasteiger partial charge in [-0.25, -0.2) is 0 Å². The van der Waals surface area contributed by atoms with Gasteiger partial charge in [0, 0.05) is 16.7 Å². The number of benzene rings is 4. The molecule has 4 aromatic rings. The second-order valence-electron chi connectivity index (χ2n) is 13.9. The van der Waals surface area contributed by atoms with E-state index < -0.39 is 11.1 Å². The second kappa shape index (κ2) is 19.2. The summed E-state index contributed by atoms with van der Waals surface area (Å²) in [5.74, 6) is 12.8. The summed E-state index contributed by atoms with van der Waals surface area (Å²) >= 11 is 0. The Morgan fingerprint density at radius 1 is 0.692 bits per heavy atom. The van der Waals surface area contributed by atoms with Crippen molar-refractivity contribution in [1.82, 2.24) is 0 Å². The zero-order valence-electron chi connectivity index (χ0n) is 30.1. The molecule has 6 rings (SSSR count). The third-order valence-electron chi connectivity index (χ3n) is 9.90. The summed E-state index contributed by atoms with van der Waals surface area (Å²) in [6, 6.07) is 36.7. The van der Waals surface area contributed by atoms with Gasteiger partial charge in [0.25, 0.3) is 0 Å². The van der Waals surface area contributed by atoms with Crippen molar-refractivity contribution in [3.8, 4) is 23.7 Å². The molecule has 0 amide bonds. The Bertz CT molecular complexity index is 1820. The first-order valence-corrected chi connectivity index (χ1v) is 18.0. The first-order valence-electron chi connectivity index (χ1n) is 18.0. The van der Waals surface area contributed by atoms with Gasteiger partial charge in [-0.1, -0.05) is 109 Å². The summed E-state index contributed by atoms with van der Waals surface area (Å²) < 4.78 is 16.0. The topological polar surface area (TPSA) is 117 Å². The molecule has 5 N–H and O–H groups in total. The standard InChI is InChI=1S/C23H25NO3.C22H25NO2/c1-26-22(25)23(24)14-13-21(16-23)20-11-9-18(10-12-20)8-5-15-27-17-19-6-3-2-4-7-19;23-22(17-24)13-12-21(15-22)20-10-8-18(9-11-20)7-4-14-25-16-19-5-2-1-3-6-19/h2-4,6-7,9-12,21H,13-17,24H2,1H3;1-3,5-6,8-11,21,24H,12-17,23H2/t21-,23-;21-,22-/m11/s1. The minimum Gasteiger partial charge on any atom is -0.468 e. The number of aliphatic hydroxyl groups is 1. The molecule has 7 heteroatoms. The number of aliphatic hydroxyl groups excluding tert-OH is 1. The molecule has 7 nitrogen and oxygen atoms in total. The summed E-state index contributed by atoms with van der Waals surface area (Å²) in [5, 5.41) is 9.39. The Morgan fingerprint density at radius 3 is 1.60 bits per heavy atom. The number of carbonyl (C=O) groups is 1. The molecule has 4 aromatic carbocycles. The molecule has 0 bridgehead atoms. The molecule has 0 spiro atoms. The monoisotopic (exact) mass is 698 g/mol. The van der Waals surface area contributed by atoms with Crippen LogP contribution in [0.25, 0.3) is 0 Å². The van der Waals surface area contributed by atoms with E-state index in [2.05, 4.69) is 60.1 Å². The first kappa shape index (κ1) is 38.5. The number of carbonyl (C=O) groups excluding carboxylic acids is 1. The highest BCUT2D eigenvalue weighted by Crippen LogP contribution is 2.40. The van der Waals surface area contributed by atoms with Crippen LogP contribution in [0.15, 0.2) is 109 Å². The lowest BCUT2D eigenvalue weighted by Gasteiger charge is -2.20. The molecule has 270 valence electrons. The normalized spacial score (nSPS) is 21.8. The molecule has 0 unspecified atom stereocenters. The largest absolute Gasteiger partial charge is 0.468 e. The molecule has 2 saturated carbocycles. The lowest BCUT2D eigenvalue weighted by atomic mass is 9.93. The second-order valence-corrected chi connectivity index (χ2v) is 13.9. The third kappa shape index (κ3) is 11.4. The maximum atomic E-state index is 11.9. The highest BCUT2D eigenvalue weighted by Gasteiger charge is 2.43. The molecule has 2 aliphatic rings. The molecule has 4 atom stereocenters. The zero-order chi connectivity index (χ0) is 36.7. The lowest BCUT2D eigenvalue weighted by Crippen LogP contribution is -2.46. The van der Waals surface area contributed by atoms with E-state index in [4.69, 9.17) is 25.7 Å². The fourth-order valence-electron chi connectivity index (χ4n) is 6.88. The van der Waals surface area contributed by atoms with Crippen LogP contribution >= 0.6 is 0 Å². The number of nitrogens with two attached hydrogens (primary N) is 2. The van der Waals surface area contributed by atoms with Crippen LogP contribution in [0, 0.1) is 23.7 Å². The van der Waals surface area contributed by atoms with Gasteiger partial charge >= 0.3 is 5.97 Å². The smallest absolute Gasteiger partial charge is 0.325 e. The van der Waals surface area contributed by atoms with Crippen LogP contribution < -0.4 is 11.5 Å². The van der Waals surface area contributed by atoms with Gasteiger partial charge < -0.3 is 30.8 Å². The van der Waals surface area contributed by atoms with Crippen LogP contribution in [0.2, 0.25) is 0 Å². The van der Waals surface area contributed by atoms with Crippen LogP contribution in [-0.2, 0) is 32.2 Å². The van der Waals surface area contributed by atoms with Crippen molar-refractivity contribution in [2.75, 3.05) is 26.9 Å². The van der Waals surface area contributed by atoms with Crippen LogP contribution in [0.5, 0.6) is 0 Å². The van der Waals surface area contributed by atoms with Gasteiger partial charge in [-0.3, -0.25) is 4.79 Å². The van der Waals surface area contributed by atoms with E-state index in [1.165, 1.54) is 18.2 Å². The van der Waals surface area contributed by atoms with E-state index in [0.29, 0.717) is 45.2 Å². The Morgan fingerprint density at radius 2 is 1.15 bits per heavy atom. The van der Waals surface area contributed by atoms with E-state index in [-0.39, 0.29) is 18.5 Å². The van der Waals surface area contributed by atoms with E-state index >= 15 is 0 Å². The van der Waals surface area contributed by atoms with Crippen molar-refractivity contribution in [3.63, 3.8) is 0 Å². The molecule has 0 saturated heterocycles. The maximum absolute atomic E-state index is 11.9. The fourth-order valence-corrected chi connectivity index (χ4v) is 6.88. The van der Waals surface area contributed by atoms with E-state index in [1.54, 1.807) is 0 Å². The minimum absolute atomic E-state index is 0.0655. The number of ether oxygens (including phenoxy) is 3. The summed E-state index contributed by atoms with van der Waals surface area (Å²) in [5.41, 5.74) is 17.8. The molecule has 2 fully saturated rings. The van der Waals surface area contributed by atoms with Crippen molar-refractivity contribution in [2.45, 2.75) is 74.7 Å². The molecule has 52 heavy (non-hydrogen) atoms. The van der Waals surface area contributed by atoms with Crippen molar-refractivity contribution >= 4 is 5.97 Å². The molecular formula is C45H50N2O5. The number of rotatable bonds is 10. The Hall–Kier alpha value is -4.73. The van der Waals surface area contributed by atoms with E-state index in [9.17, 15) is 9.90 Å². The summed E-state index contributed by atoms with van der Waals surface area (Å²) in [4.78, 5) is 11.9. The predicted octanol–water partition coefficient (Wildman–Crippen LogP) is 6.61. The van der Waals surface area contributed by atoms with Gasteiger partial charge in [-0.2, -0.15) is 0 Å². The Labute approximate surface area is 308 Å². The summed E-state index contributed by atoms with van der Waals surface area (Å²) in [6.45, 7) is 2.04. The Kier molecular flexibility index (Phi) is 14.2. The van der Waals surface area contributed by atoms with Crippen LogP contribution in [-0.4, -0.2) is 49.1 Å². The van der Waals surface area contributed by atoms with Crippen molar-refractivity contribution in [1.29, 1.82) is 0 Å². The molecule has 0 aromatic heterocycles. The van der Waals surface area contributed by atoms with Crippen LogP contribution in [0.1, 0.15) is 83.7 Å². The number of esters is 1. The maximum Gasteiger partial charge on any atom is 0.325 e. The minimum atomic E-state index is -0.853. The van der Waals surface area contributed by atoms with Crippen molar-refractivity contribution < 1.29 is 24.1 Å². The number of hydrogen-bond donors (Lipinski definition) is 3. The average Bonchev–Trinajstić information content (AvgIpc) is 3.80. The Balaban J connectivity index is 0.000000202. The van der Waals surface area contributed by atoms with Gasteiger partial charge in [0.2, 0.25) is 0 Å². The summed E-state index contributed by atoms with van der Waals surface area (Å²) in [7, 11) is 1.39. The predicted molar refractivity (Wildman–Crippen MR) is 205 cm³/mol. The van der Waals surface area contributed by atoms with Crippen LogP contribution in [0.4, 0.5) is 0 Å². The highest BCUT2D eigenvalue weighted by molar-refractivity contribution is 5.81. The molecule has 0 aliphatic heterocycles. The third-order valence-corrected chi connectivity index (χ3v) is 9.90. The fraction of sp³-hybridized carbons (Fsp3) is 0.356. The van der Waals surface area contributed by atoms with Gasteiger partial charge in [0.15, 0.2) is 0 Å². The van der Waals surface area contributed by atoms with Crippen LogP contribution in [0.3, 0.4) is 0 Å². The van der Waals surface area contributed by atoms with Gasteiger partial charge in [0.1, 0.15) is 18.8 Å². The van der Waals surface area contributed by atoms with E-state index in [1.807, 2.05) is 72.8 Å². The SMILES string of the molecule is COC(=O)[C@@]1(N)CC[C@@H](c2ccc(C#CCOCc3ccccc3)cc2)C1.N[C@]1(CO)CC[C@@H](c2ccc(C#CCOCc3ccccc3)cc2)C1. The number of hydrogen-bond acceptors (Lipinski definition) is 7. The van der Waals surface area contributed by atoms with E-state index in [0.717, 1.165) is 47.9 Å². The first-order chi connectivity index (χ1) is 25.3. The molecule has 2 aliphatic carbocycles. The average molecular weight is 699 g/mol. The molecule has 0 heterocycles.